The second-order valence-electron chi connectivity index (χ2n) is 7.04. The zero-order chi connectivity index (χ0) is 18.5. The number of nitrogens with zero attached hydrogens (tertiary/aromatic N) is 2. The Balaban J connectivity index is 1.87. The molecule has 2 aliphatic rings. The predicted octanol–water partition coefficient (Wildman–Crippen LogP) is 1.82. The van der Waals surface area contributed by atoms with Crippen molar-refractivity contribution in [2.24, 2.45) is 5.92 Å². The minimum absolute atomic E-state index is 0.0905. The highest BCUT2D eigenvalue weighted by molar-refractivity contribution is 5.90. The lowest BCUT2D eigenvalue weighted by molar-refractivity contribution is -0.137. The van der Waals surface area contributed by atoms with Crippen LogP contribution in [0.4, 0.5) is 0 Å². The normalized spacial score (nSPS) is 23.4. The molecule has 1 N–H and O–H groups in total. The van der Waals surface area contributed by atoms with Gasteiger partial charge in [0.1, 0.15) is 5.75 Å². The third-order valence-electron chi connectivity index (χ3n) is 5.39. The summed E-state index contributed by atoms with van der Waals surface area (Å²) in [6.45, 7) is 5.89. The number of rotatable bonds is 6. The number of nitrogens with one attached hydrogen (secondary N) is 1. The fourth-order valence-electron chi connectivity index (χ4n) is 3.94. The largest absolute Gasteiger partial charge is 0.497 e. The van der Waals surface area contributed by atoms with Crippen molar-refractivity contribution in [1.29, 1.82) is 0 Å². The molecule has 0 saturated carbocycles. The molecule has 2 saturated heterocycles. The van der Waals surface area contributed by atoms with Gasteiger partial charge in [0, 0.05) is 39.1 Å². The number of carbonyl (C=O) groups excluding carboxylic acids is 2. The third-order valence-corrected chi connectivity index (χ3v) is 5.39. The molecule has 142 valence electrons. The first kappa shape index (κ1) is 18.7. The fourth-order valence-corrected chi connectivity index (χ4v) is 3.94. The topological polar surface area (TPSA) is 61.9 Å². The lowest BCUT2D eigenvalue weighted by Crippen LogP contribution is -2.49. The molecule has 6 nitrogen and oxygen atoms in total. The molecule has 0 spiro atoms. The Morgan fingerprint density at radius 2 is 1.92 bits per heavy atom. The van der Waals surface area contributed by atoms with Gasteiger partial charge in [-0.3, -0.25) is 9.59 Å². The molecule has 2 amide bonds. The van der Waals surface area contributed by atoms with E-state index in [-0.39, 0.29) is 23.8 Å². The van der Waals surface area contributed by atoms with Crippen molar-refractivity contribution in [1.82, 2.24) is 15.1 Å². The molecule has 0 bridgehead atoms. The minimum Gasteiger partial charge on any atom is -0.497 e. The molecule has 1 aromatic carbocycles. The molecular weight excluding hydrogens is 330 g/mol. The van der Waals surface area contributed by atoms with Crippen molar-refractivity contribution in [2.45, 2.75) is 32.2 Å². The van der Waals surface area contributed by atoms with Gasteiger partial charge in [-0.1, -0.05) is 25.5 Å². The summed E-state index contributed by atoms with van der Waals surface area (Å²) < 4.78 is 5.25. The minimum atomic E-state index is -0.300. The van der Waals surface area contributed by atoms with Crippen LogP contribution in [-0.2, 0) is 9.59 Å². The average molecular weight is 359 g/mol. The van der Waals surface area contributed by atoms with Gasteiger partial charge in [-0.25, -0.2) is 0 Å². The van der Waals surface area contributed by atoms with E-state index in [4.69, 9.17) is 4.74 Å². The Bertz CT molecular complexity index is 626. The smallest absolute Gasteiger partial charge is 0.228 e. The van der Waals surface area contributed by atoms with Gasteiger partial charge in [0.05, 0.1) is 19.1 Å². The number of methoxy groups -OCH3 is 1. The lowest BCUT2D eigenvalue weighted by atomic mass is 9.92. The number of likely N-dealkylation sites (tertiary alicyclic amines) is 1. The molecule has 1 aromatic rings. The highest BCUT2D eigenvalue weighted by atomic mass is 16.5. The van der Waals surface area contributed by atoms with Crippen molar-refractivity contribution in [3.8, 4) is 5.75 Å². The second-order valence-corrected chi connectivity index (χ2v) is 7.04. The highest BCUT2D eigenvalue weighted by Crippen LogP contribution is 2.40. The Labute approximate surface area is 155 Å². The number of unbranched alkanes of at least 4 members (excludes halogenated alkanes) is 1. The van der Waals surface area contributed by atoms with Crippen LogP contribution in [0.25, 0.3) is 0 Å². The SMILES string of the molecule is CCCCN1C(=O)CC(C(=O)N2CCNCC2)C1c1ccc(OC)cc1. The molecule has 3 rings (SSSR count). The maximum absolute atomic E-state index is 13.2. The van der Waals surface area contributed by atoms with Gasteiger partial charge >= 0.3 is 0 Å². The monoisotopic (exact) mass is 359 g/mol. The summed E-state index contributed by atoms with van der Waals surface area (Å²) in [5.74, 6) is 0.682. The van der Waals surface area contributed by atoms with Crippen LogP contribution in [0.15, 0.2) is 24.3 Å². The maximum atomic E-state index is 13.2. The van der Waals surface area contributed by atoms with E-state index >= 15 is 0 Å². The van der Waals surface area contributed by atoms with Gasteiger partial charge in [0.25, 0.3) is 0 Å². The van der Waals surface area contributed by atoms with Crippen molar-refractivity contribution >= 4 is 11.8 Å². The van der Waals surface area contributed by atoms with E-state index in [2.05, 4.69) is 12.2 Å². The van der Waals surface area contributed by atoms with E-state index in [9.17, 15) is 9.59 Å². The number of benzene rings is 1. The van der Waals surface area contributed by atoms with Crippen LogP contribution in [0.3, 0.4) is 0 Å². The van der Waals surface area contributed by atoms with Crippen molar-refractivity contribution in [3.05, 3.63) is 29.8 Å². The Kier molecular flexibility index (Phi) is 6.14. The van der Waals surface area contributed by atoms with E-state index in [0.29, 0.717) is 26.1 Å². The van der Waals surface area contributed by atoms with Gasteiger partial charge in [-0.05, 0) is 24.1 Å². The Morgan fingerprint density at radius 3 is 2.54 bits per heavy atom. The van der Waals surface area contributed by atoms with Gasteiger partial charge in [-0.2, -0.15) is 0 Å². The van der Waals surface area contributed by atoms with E-state index in [0.717, 1.165) is 37.2 Å². The van der Waals surface area contributed by atoms with Crippen LogP contribution in [0, 0.1) is 5.92 Å². The molecule has 0 aliphatic carbocycles. The Hall–Kier alpha value is -2.08. The molecule has 2 heterocycles. The van der Waals surface area contributed by atoms with Crippen LogP contribution in [0.2, 0.25) is 0 Å². The van der Waals surface area contributed by atoms with Crippen molar-refractivity contribution in [3.63, 3.8) is 0 Å². The molecule has 2 unspecified atom stereocenters. The van der Waals surface area contributed by atoms with E-state index in [1.165, 1.54) is 0 Å². The summed E-state index contributed by atoms with van der Waals surface area (Å²) in [6.07, 6.45) is 2.28. The van der Waals surface area contributed by atoms with Crippen LogP contribution in [0.1, 0.15) is 37.8 Å². The fraction of sp³-hybridized carbons (Fsp3) is 0.600. The van der Waals surface area contributed by atoms with Gasteiger partial charge in [-0.15, -0.1) is 0 Å². The first-order chi connectivity index (χ1) is 12.7. The van der Waals surface area contributed by atoms with Crippen LogP contribution in [-0.4, -0.2) is 61.4 Å². The third kappa shape index (κ3) is 3.85. The van der Waals surface area contributed by atoms with Crippen molar-refractivity contribution < 1.29 is 14.3 Å². The predicted molar refractivity (Wildman–Crippen MR) is 99.9 cm³/mol. The Morgan fingerprint density at radius 1 is 1.23 bits per heavy atom. The number of carbonyl (C=O) groups is 2. The number of ether oxygens (including phenoxy) is 1. The second kappa shape index (κ2) is 8.54. The molecular formula is C20H29N3O3. The number of hydrogen-bond donors (Lipinski definition) is 1. The summed E-state index contributed by atoms with van der Waals surface area (Å²) in [4.78, 5) is 29.7. The molecule has 2 aliphatic heterocycles. The standard InChI is InChI=1S/C20H29N3O3/c1-3-4-11-23-18(24)14-17(20(25)22-12-9-21-10-13-22)19(23)15-5-7-16(26-2)8-6-15/h5-8,17,19,21H,3-4,9-14H2,1-2H3. The quantitative estimate of drug-likeness (QED) is 0.842. The number of amides is 2. The average Bonchev–Trinajstić information content (AvgIpc) is 3.02. The number of hydrogen-bond acceptors (Lipinski definition) is 4. The van der Waals surface area contributed by atoms with Gasteiger partial charge < -0.3 is 19.9 Å². The first-order valence-electron chi connectivity index (χ1n) is 9.58. The summed E-state index contributed by atoms with van der Waals surface area (Å²) in [7, 11) is 1.64. The van der Waals surface area contributed by atoms with Crippen molar-refractivity contribution in [2.75, 3.05) is 39.8 Å². The molecule has 6 heteroatoms. The summed E-state index contributed by atoms with van der Waals surface area (Å²) in [6, 6.07) is 7.60. The zero-order valence-electron chi connectivity index (χ0n) is 15.7. The van der Waals surface area contributed by atoms with Crippen LogP contribution >= 0.6 is 0 Å². The number of piperazine rings is 1. The zero-order valence-corrected chi connectivity index (χ0v) is 15.7. The van der Waals surface area contributed by atoms with E-state index < -0.39 is 0 Å². The van der Waals surface area contributed by atoms with E-state index in [1.54, 1.807) is 7.11 Å². The summed E-state index contributed by atoms with van der Waals surface area (Å²) in [5.41, 5.74) is 1.02. The maximum Gasteiger partial charge on any atom is 0.228 e. The summed E-state index contributed by atoms with van der Waals surface area (Å²) >= 11 is 0. The molecule has 2 atom stereocenters. The van der Waals surface area contributed by atoms with Crippen LogP contribution < -0.4 is 10.1 Å². The molecule has 0 aromatic heterocycles. The van der Waals surface area contributed by atoms with E-state index in [1.807, 2.05) is 34.1 Å². The molecule has 2 fully saturated rings. The highest BCUT2D eigenvalue weighted by Gasteiger charge is 2.45. The molecule has 26 heavy (non-hydrogen) atoms. The first-order valence-corrected chi connectivity index (χ1v) is 9.58. The van der Waals surface area contributed by atoms with Gasteiger partial charge in [0.15, 0.2) is 0 Å². The molecule has 0 radical (unpaired) electrons. The lowest BCUT2D eigenvalue weighted by Gasteiger charge is -2.33. The summed E-state index contributed by atoms with van der Waals surface area (Å²) in [5, 5.41) is 3.28. The van der Waals surface area contributed by atoms with Gasteiger partial charge in [0.2, 0.25) is 11.8 Å². The van der Waals surface area contributed by atoms with Crippen LogP contribution in [0.5, 0.6) is 5.75 Å².